The van der Waals surface area contributed by atoms with Crippen molar-refractivity contribution in [1.82, 2.24) is 0 Å². The molecule has 0 aliphatic carbocycles. The first-order chi connectivity index (χ1) is 29.6. The van der Waals surface area contributed by atoms with Crippen molar-refractivity contribution in [3.63, 3.8) is 0 Å². The third-order valence-electron chi connectivity index (χ3n) is 11.9. The maximum Gasteiger partial charge on any atom is 0.317 e. The maximum atomic E-state index is 12.7. The highest BCUT2D eigenvalue weighted by molar-refractivity contribution is 6.23. The molecular formula is C54H74O6. The van der Waals surface area contributed by atoms with Crippen molar-refractivity contribution in [2.24, 2.45) is 0 Å². The summed E-state index contributed by atoms with van der Waals surface area (Å²) in [6.07, 6.45) is 27.6. The Kier molecular flexibility index (Phi) is 21.4. The fourth-order valence-electron chi connectivity index (χ4n) is 8.44. The molecule has 5 rings (SSSR count). The van der Waals surface area contributed by atoms with Crippen LogP contribution >= 0.6 is 0 Å². The first-order valence-corrected chi connectivity index (χ1v) is 23.9. The molecule has 6 nitrogen and oxygen atoms in total. The van der Waals surface area contributed by atoms with Crippen molar-refractivity contribution in [1.29, 1.82) is 0 Å². The van der Waals surface area contributed by atoms with Crippen LogP contribution in [0.25, 0.3) is 32.3 Å². The summed E-state index contributed by atoms with van der Waals surface area (Å²) in [5.41, 5.74) is 2.08. The minimum absolute atomic E-state index is 0.0372. The predicted molar refractivity (Wildman–Crippen MR) is 250 cm³/mol. The average Bonchev–Trinajstić information content (AvgIpc) is 3.26. The van der Waals surface area contributed by atoms with E-state index >= 15 is 0 Å². The van der Waals surface area contributed by atoms with Crippen LogP contribution < -0.4 is 9.47 Å². The van der Waals surface area contributed by atoms with E-state index in [4.69, 9.17) is 18.9 Å². The Morgan fingerprint density at radius 1 is 0.450 bits per heavy atom. The van der Waals surface area contributed by atoms with Crippen molar-refractivity contribution >= 4 is 44.3 Å². The van der Waals surface area contributed by atoms with Crippen LogP contribution in [0.15, 0.2) is 72.8 Å². The summed E-state index contributed by atoms with van der Waals surface area (Å²) in [7, 11) is 0. The number of carbonyl (C=O) groups is 2. The van der Waals surface area contributed by atoms with Gasteiger partial charge in [-0.2, -0.15) is 0 Å². The molecule has 0 saturated carbocycles. The van der Waals surface area contributed by atoms with Crippen molar-refractivity contribution in [3.05, 3.63) is 83.9 Å². The summed E-state index contributed by atoms with van der Waals surface area (Å²) in [4.78, 5) is 25.3. The van der Waals surface area contributed by atoms with Crippen LogP contribution in [-0.4, -0.2) is 31.8 Å². The lowest BCUT2D eigenvalue weighted by atomic mass is 9.91. The number of benzene rings is 5. The predicted octanol–water partition coefficient (Wildman–Crippen LogP) is 15.2. The van der Waals surface area contributed by atoms with Gasteiger partial charge >= 0.3 is 11.9 Å². The van der Waals surface area contributed by atoms with Gasteiger partial charge in [0.1, 0.15) is 24.5 Å². The highest BCUT2D eigenvalue weighted by atomic mass is 16.6. The van der Waals surface area contributed by atoms with Crippen LogP contribution in [0.5, 0.6) is 11.5 Å². The number of esters is 2. The molecule has 0 atom stereocenters. The quantitative estimate of drug-likeness (QED) is 0.0182. The van der Waals surface area contributed by atoms with E-state index in [1.165, 1.54) is 141 Å². The van der Waals surface area contributed by atoms with Gasteiger partial charge in [-0.15, -0.1) is 0 Å². The van der Waals surface area contributed by atoms with E-state index in [9.17, 15) is 9.59 Å². The molecule has 0 spiro atoms. The molecule has 0 bridgehead atoms. The topological polar surface area (TPSA) is 71.1 Å². The minimum atomic E-state index is -0.599. The molecule has 0 unspecified atom stereocenters. The van der Waals surface area contributed by atoms with Crippen LogP contribution in [0.1, 0.15) is 173 Å². The fourth-order valence-corrected chi connectivity index (χ4v) is 8.44. The third-order valence-corrected chi connectivity index (χ3v) is 11.9. The molecule has 0 aliphatic heterocycles. The molecule has 0 radical (unpaired) electrons. The number of rotatable bonds is 33. The van der Waals surface area contributed by atoms with Gasteiger partial charge in [0.2, 0.25) is 0 Å². The minimum Gasteiger partial charge on any atom is -0.493 e. The zero-order valence-electron chi connectivity index (χ0n) is 37.2. The maximum absolute atomic E-state index is 12.7. The fraction of sp³-hybridized carbons (Fsp3) is 0.556. The van der Waals surface area contributed by atoms with Crippen LogP contribution in [0, 0.1) is 0 Å². The molecule has 0 aliphatic rings. The summed E-state index contributed by atoms with van der Waals surface area (Å²) in [6.45, 7) is 6.12. The van der Waals surface area contributed by atoms with Crippen LogP contribution in [-0.2, 0) is 32.1 Å². The molecule has 0 saturated heterocycles. The third kappa shape index (κ3) is 16.3. The highest BCUT2D eigenvalue weighted by Crippen LogP contribution is 2.36. The summed E-state index contributed by atoms with van der Waals surface area (Å²) >= 11 is 0. The first kappa shape index (κ1) is 46.7. The Labute approximate surface area is 361 Å². The van der Waals surface area contributed by atoms with Crippen molar-refractivity contribution in [2.45, 2.75) is 175 Å². The first-order valence-electron chi connectivity index (χ1n) is 23.9. The lowest BCUT2D eigenvalue weighted by Crippen LogP contribution is -2.14. The van der Waals surface area contributed by atoms with Gasteiger partial charge in [-0.25, -0.2) is 0 Å². The van der Waals surface area contributed by atoms with Gasteiger partial charge in [-0.1, -0.05) is 184 Å². The lowest BCUT2D eigenvalue weighted by Gasteiger charge is -2.14. The van der Waals surface area contributed by atoms with Crippen molar-refractivity contribution < 1.29 is 28.5 Å². The monoisotopic (exact) mass is 819 g/mol. The summed E-state index contributed by atoms with van der Waals surface area (Å²) in [5.74, 6) is 0.285. The lowest BCUT2D eigenvalue weighted by molar-refractivity contribution is -0.155. The van der Waals surface area contributed by atoms with Crippen LogP contribution in [0.4, 0.5) is 0 Å². The highest BCUT2D eigenvalue weighted by Gasteiger charge is 2.15. The van der Waals surface area contributed by atoms with Gasteiger partial charge in [0.15, 0.2) is 0 Å². The van der Waals surface area contributed by atoms with E-state index in [1.807, 2.05) is 18.2 Å². The average molecular weight is 819 g/mol. The largest absolute Gasteiger partial charge is 0.493 e. The Balaban J connectivity index is 1.01. The zero-order chi connectivity index (χ0) is 42.0. The second-order valence-corrected chi connectivity index (χ2v) is 17.0. The number of hydrogen-bond acceptors (Lipinski definition) is 6. The standard InChI is InChI=1S/C54H74O6/c1-3-5-7-9-11-13-15-17-19-22-35-57-48-38-43(39-49(40-48)58-36-23-20-18-16-14-12-10-8-6-4-2)42-60-52(56)41-51(55)59-37-24-21-26-44-29-30-47-32-31-45-27-25-28-46-33-34-50(44)54(47)53(45)46/h25,27-34,38-40H,3-24,26,35-37,41-42H2,1-2H3. The zero-order valence-corrected chi connectivity index (χ0v) is 37.2. The normalized spacial score (nSPS) is 11.5. The van der Waals surface area contributed by atoms with Gasteiger partial charge in [0, 0.05) is 6.07 Å². The van der Waals surface area contributed by atoms with Gasteiger partial charge in [0.25, 0.3) is 0 Å². The molecule has 6 heteroatoms. The molecule has 60 heavy (non-hydrogen) atoms. The van der Waals surface area contributed by atoms with Crippen molar-refractivity contribution in [3.8, 4) is 11.5 Å². The Morgan fingerprint density at radius 2 is 0.917 bits per heavy atom. The molecular weight excluding hydrogens is 745 g/mol. The summed E-state index contributed by atoms with van der Waals surface area (Å²) < 4.78 is 23.4. The molecule has 5 aromatic rings. The molecule has 5 aromatic carbocycles. The van der Waals surface area contributed by atoms with Gasteiger partial charge < -0.3 is 18.9 Å². The molecule has 0 aromatic heterocycles. The van der Waals surface area contributed by atoms with E-state index in [0.717, 1.165) is 62.0 Å². The van der Waals surface area contributed by atoms with E-state index in [1.54, 1.807) is 0 Å². The number of carbonyl (C=O) groups excluding carboxylic acids is 2. The van der Waals surface area contributed by atoms with Crippen LogP contribution in [0.3, 0.4) is 0 Å². The van der Waals surface area contributed by atoms with Gasteiger partial charge in [-0.3, -0.25) is 9.59 Å². The summed E-state index contributed by atoms with van der Waals surface area (Å²) in [6, 6.07) is 25.5. The van der Waals surface area contributed by atoms with E-state index in [0.29, 0.717) is 13.2 Å². The van der Waals surface area contributed by atoms with Crippen LogP contribution in [0.2, 0.25) is 0 Å². The molecule has 0 N–H and O–H groups in total. The van der Waals surface area contributed by atoms with Gasteiger partial charge in [0.05, 0.1) is 19.8 Å². The smallest absolute Gasteiger partial charge is 0.317 e. The SMILES string of the molecule is CCCCCCCCCCCCOc1cc(COC(=O)CC(=O)OCCCCc2ccc3ccc4cccc5ccc2c3c45)cc(OCCCCCCCCCCCC)c1. The molecule has 326 valence electrons. The number of aryl methyl sites for hydroxylation is 1. The Morgan fingerprint density at radius 3 is 1.48 bits per heavy atom. The van der Waals surface area contributed by atoms with Gasteiger partial charge in [-0.05, 0) is 87.7 Å². The van der Waals surface area contributed by atoms with E-state index in [-0.39, 0.29) is 13.2 Å². The Bertz CT molecular complexity index is 1910. The molecule has 0 fully saturated rings. The Hall–Kier alpha value is -4.32. The second-order valence-electron chi connectivity index (χ2n) is 17.0. The van der Waals surface area contributed by atoms with E-state index in [2.05, 4.69) is 68.4 Å². The summed E-state index contributed by atoms with van der Waals surface area (Å²) in [5, 5.41) is 7.72. The number of hydrogen-bond donors (Lipinski definition) is 0. The molecule has 0 heterocycles. The second kappa shape index (κ2) is 27.5. The number of unbranched alkanes of at least 4 members (excludes halogenated alkanes) is 19. The van der Waals surface area contributed by atoms with E-state index < -0.39 is 18.4 Å². The molecule has 0 amide bonds. The number of ether oxygens (including phenoxy) is 4. The van der Waals surface area contributed by atoms with Crippen molar-refractivity contribution in [2.75, 3.05) is 19.8 Å².